The summed E-state index contributed by atoms with van der Waals surface area (Å²) in [5, 5.41) is 4.45. The molecular weight excluding hydrogens is 232 g/mol. The van der Waals surface area contributed by atoms with Crippen molar-refractivity contribution in [3.8, 4) is 5.75 Å². The Morgan fingerprint density at radius 1 is 1.53 bits per heavy atom. The maximum absolute atomic E-state index is 5.21. The molecule has 0 radical (unpaired) electrons. The Hall–Kier alpha value is -1.29. The minimum atomic E-state index is 0.844. The van der Waals surface area contributed by atoms with Gasteiger partial charge in [-0.15, -0.1) is 0 Å². The number of thiazole rings is 1. The summed E-state index contributed by atoms with van der Waals surface area (Å²) in [6.07, 6.45) is 1.35. The number of benzene rings is 1. The van der Waals surface area contributed by atoms with Crippen LogP contribution >= 0.6 is 11.3 Å². The summed E-state index contributed by atoms with van der Waals surface area (Å²) >= 11 is 1.70. The van der Waals surface area contributed by atoms with Gasteiger partial charge in [0, 0.05) is 6.54 Å². The first-order valence-corrected chi connectivity index (χ1v) is 6.76. The first-order valence-electron chi connectivity index (χ1n) is 5.94. The minimum absolute atomic E-state index is 0.844. The summed E-state index contributed by atoms with van der Waals surface area (Å²) in [6.45, 7) is 3.35. The van der Waals surface area contributed by atoms with E-state index in [1.54, 1.807) is 18.4 Å². The summed E-state index contributed by atoms with van der Waals surface area (Å²) in [5.74, 6) is 2.62. The van der Waals surface area contributed by atoms with Gasteiger partial charge in [0.2, 0.25) is 0 Å². The van der Waals surface area contributed by atoms with Crippen molar-refractivity contribution in [2.24, 2.45) is 11.8 Å². The average molecular weight is 248 g/mol. The molecule has 2 atom stereocenters. The number of aromatic nitrogens is 1. The SMILES string of the molecule is COc1ccc2nc(NCC3CC3C)sc2c1. The largest absolute Gasteiger partial charge is 0.497 e. The van der Waals surface area contributed by atoms with Crippen molar-refractivity contribution in [3.05, 3.63) is 18.2 Å². The molecule has 1 aromatic heterocycles. The van der Waals surface area contributed by atoms with Crippen molar-refractivity contribution in [1.82, 2.24) is 4.98 Å². The molecule has 2 aromatic rings. The van der Waals surface area contributed by atoms with Gasteiger partial charge in [-0.1, -0.05) is 18.3 Å². The van der Waals surface area contributed by atoms with Gasteiger partial charge in [0.1, 0.15) is 5.75 Å². The minimum Gasteiger partial charge on any atom is -0.497 e. The van der Waals surface area contributed by atoms with E-state index in [2.05, 4.69) is 17.2 Å². The van der Waals surface area contributed by atoms with Crippen LogP contribution < -0.4 is 10.1 Å². The molecule has 17 heavy (non-hydrogen) atoms. The van der Waals surface area contributed by atoms with E-state index in [0.29, 0.717) is 0 Å². The molecule has 90 valence electrons. The Balaban J connectivity index is 1.76. The predicted molar refractivity (Wildman–Crippen MR) is 71.9 cm³/mol. The van der Waals surface area contributed by atoms with Gasteiger partial charge in [-0.25, -0.2) is 4.98 Å². The maximum Gasteiger partial charge on any atom is 0.183 e. The third kappa shape index (κ3) is 2.22. The number of nitrogens with one attached hydrogen (secondary N) is 1. The Morgan fingerprint density at radius 3 is 3.06 bits per heavy atom. The number of nitrogens with zero attached hydrogens (tertiary/aromatic N) is 1. The van der Waals surface area contributed by atoms with E-state index in [4.69, 9.17) is 4.74 Å². The van der Waals surface area contributed by atoms with Crippen LogP contribution in [0.4, 0.5) is 5.13 Å². The van der Waals surface area contributed by atoms with E-state index in [-0.39, 0.29) is 0 Å². The molecule has 1 aromatic carbocycles. The van der Waals surface area contributed by atoms with Crippen LogP contribution in [-0.2, 0) is 0 Å². The van der Waals surface area contributed by atoms with E-state index < -0.39 is 0 Å². The van der Waals surface area contributed by atoms with Crippen molar-refractivity contribution in [3.63, 3.8) is 0 Å². The lowest BCUT2D eigenvalue weighted by Gasteiger charge is -1.98. The number of hydrogen-bond donors (Lipinski definition) is 1. The van der Waals surface area contributed by atoms with Crippen molar-refractivity contribution < 1.29 is 4.74 Å². The average Bonchev–Trinajstić information content (AvgIpc) is 2.90. The highest BCUT2D eigenvalue weighted by molar-refractivity contribution is 7.22. The lowest BCUT2D eigenvalue weighted by atomic mass is 10.3. The molecular formula is C13H16N2OS. The maximum atomic E-state index is 5.21. The summed E-state index contributed by atoms with van der Waals surface area (Å²) in [7, 11) is 1.69. The predicted octanol–water partition coefficient (Wildman–Crippen LogP) is 3.37. The second-order valence-corrected chi connectivity index (χ2v) is 5.74. The number of methoxy groups -OCH3 is 1. The molecule has 0 spiro atoms. The van der Waals surface area contributed by atoms with Crippen LogP contribution in [0.1, 0.15) is 13.3 Å². The van der Waals surface area contributed by atoms with Gasteiger partial charge in [-0.05, 0) is 36.5 Å². The van der Waals surface area contributed by atoms with Crippen molar-refractivity contribution in [2.75, 3.05) is 19.0 Å². The highest BCUT2D eigenvalue weighted by atomic mass is 32.1. The molecule has 3 nitrogen and oxygen atoms in total. The van der Waals surface area contributed by atoms with E-state index in [0.717, 1.165) is 34.8 Å². The molecule has 1 aliphatic carbocycles. The van der Waals surface area contributed by atoms with Gasteiger partial charge in [-0.2, -0.15) is 0 Å². The van der Waals surface area contributed by atoms with Crippen LogP contribution in [0.5, 0.6) is 5.75 Å². The summed E-state index contributed by atoms with van der Waals surface area (Å²) in [6, 6.07) is 6.00. The molecule has 1 N–H and O–H groups in total. The van der Waals surface area contributed by atoms with Crippen LogP contribution in [0.25, 0.3) is 10.2 Å². The highest BCUT2D eigenvalue weighted by Crippen LogP contribution is 2.38. The highest BCUT2D eigenvalue weighted by Gasteiger charge is 2.32. The number of anilines is 1. The van der Waals surface area contributed by atoms with Crippen LogP contribution in [-0.4, -0.2) is 18.6 Å². The van der Waals surface area contributed by atoms with E-state index in [1.165, 1.54) is 11.1 Å². The molecule has 0 bridgehead atoms. The van der Waals surface area contributed by atoms with Crippen molar-refractivity contribution in [2.45, 2.75) is 13.3 Å². The van der Waals surface area contributed by atoms with Gasteiger partial charge in [0.05, 0.1) is 17.3 Å². The Morgan fingerprint density at radius 2 is 2.35 bits per heavy atom. The van der Waals surface area contributed by atoms with E-state index in [1.807, 2.05) is 18.2 Å². The smallest absolute Gasteiger partial charge is 0.183 e. The number of fused-ring (bicyclic) bond motifs is 1. The lowest BCUT2D eigenvalue weighted by Crippen LogP contribution is -2.03. The zero-order chi connectivity index (χ0) is 11.8. The van der Waals surface area contributed by atoms with E-state index in [9.17, 15) is 0 Å². The Bertz CT molecular complexity index is 537. The first-order chi connectivity index (χ1) is 8.26. The fraction of sp³-hybridized carbons (Fsp3) is 0.462. The molecule has 4 heteroatoms. The fourth-order valence-electron chi connectivity index (χ4n) is 2.01. The van der Waals surface area contributed by atoms with Crippen molar-refractivity contribution in [1.29, 1.82) is 0 Å². The van der Waals surface area contributed by atoms with E-state index >= 15 is 0 Å². The lowest BCUT2D eigenvalue weighted by molar-refractivity contribution is 0.415. The molecule has 0 aliphatic heterocycles. The van der Waals surface area contributed by atoms with Gasteiger partial charge in [-0.3, -0.25) is 0 Å². The molecule has 1 aliphatic rings. The quantitative estimate of drug-likeness (QED) is 0.900. The summed E-state index contributed by atoms with van der Waals surface area (Å²) < 4.78 is 6.39. The second-order valence-electron chi connectivity index (χ2n) is 4.71. The monoisotopic (exact) mass is 248 g/mol. The molecule has 1 saturated carbocycles. The molecule has 0 amide bonds. The van der Waals surface area contributed by atoms with Gasteiger partial charge in [0.15, 0.2) is 5.13 Å². The van der Waals surface area contributed by atoms with Crippen LogP contribution in [0.2, 0.25) is 0 Å². The fourth-order valence-corrected chi connectivity index (χ4v) is 2.91. The second kappa shape index (κ2) is 4.18. The van der Waals surface area contributed by atoms with Crippen LogP contribution in [0.15, 0.2) is 18.2 Å². The van der Waals surface area contributed by atoms with Crippen LogP contribution in [0, 0.1) is 11.8 Å². The molecule has 3 rings (SSSR count). The van der Waals surface area contributed by atoms with Gasteiger partial charge >= 0.3 is 0 Å². The topological polar surface area (TPSA) is 34.1 Å². The van der Waals surface area contributed by atoms with Crippen LogP contribution in [0.3, 0.4) is 0 Å². The number of ether oxygens (including phenoxy) is 1. The first kappa shape index (κ1) is 10.8. The van der Waals surface area contributed by atoms with Gasteiger partial charge in [0.25, 0.3) is 0 Å². The third-order valence-electron chi connectivity index (χ3n) is 3.39. The molecule has 2 unspecified atom stereocenters. The number of hydrogen-bond acceptors (Lipinski definition) is 4. The third-order valence-corrected chi connectivity index (χ3v) is 4.36. The Labute approximate surface area is 105 Å². The normalized spacial score (nSPS) is 22.7. The Kier molecular flexibility index (Phi) is 2.67. The summed E-state index contributed by atoms with van der Waals surface area (Å²) in [5.41, 5.74) is 1.04. The zero-order valence-corrected chi connectivity index (χ0v) is 10.9. The molecule has 0 saturated heterocycles. The molecule has 1 fully saturated rings. The molecule has 1 heterocycles. The summed E-state index contributed by atoms with van der Waals surface area (Å²) in [4.78, 5) is 4.56. The standard InChI is InChI=1S/C13H16N2OS/c1-8-5-9(8)7-14-13-15-11-4-3-10(16-2)6-12(11)17-13/h3-4,6,8-9H,5,7H2,1-2H3,(H,14,15). The van der Waals surface area contributed by atoms with Crippen molar-refractivity contribution >= 4 is 26.7 Å². The van der Waals surface area contributed by atoms with Gasteiger partial charge < -0.3 is 10.1 Å². The zero-order valence-electron chi connectivity index (χ0n) is 10.1. The number of rotatable bonds is 4.